The molecule has 1 aromatic heterocycles. The molecule has 0 aliphatic carbocycles. The van der Waals surface area contributed by atoms with Crippen molar-refractivity contribution < 1.29 is 4.79 Å². The lowest BCUT2D eigenvalue weighted by Crippen LogP contribution is -1.99. The Morgan fingerprint density at radius 1 is 1.22 bits per heavy atom. The summed E-state index contributed by atoms with van der Waals surface area (Å²) in [7, 11) is 0. The van der Waals surface area contributed by atoms with Crippen LogP contribution >= 0.6 is 11.3 Å². The Labute approximate surface area is 112 Å². The van der Waals surface area contributed by atoms with Gasteiger partial charge in [0, 0.05) is 10.5 Å². The van der Waals surface area contributed by atoms with E-state index in [1.165, 1.54) is 5.56 Å². The van der Waals surface area contributed by atoms with Gasteiger partial charge in [-0.05, 0) is 42.0 Å². The maximum Gasteiger partial charge on any atom is 0.160 e. The minimum absolute atomic E-state index is 0.115. The SMILES string of the molecule is CCc1ccccc1/C(=C\c1cccs1)C(C)=O. The molecule has 18 heavy (non-hydrogen) atoms. The third-order valence-corrected chi connectivity index (χ3v) is 3.72. The van der Waals surface area contributed by atoms with E-state index in [2.05, 4.69) is 13.0 Å². The van der Waals surface area contributed by atoms with E-state index in [-0.39, 0.29) is 5.78 Å². The molecule has 2 aromatic rings. The molecule has 1 nitrogen and oxygen atoms in total. The molecule has 0 aliphatic rings. The number of rotatable bonds is 4. The van der Waals surface area contributed by atoms with Crippen molar-refractivity contribution in [2.45, 2.75) is 20.3 Å². The first-order valence-electron chi connectivity index (χ1n) is 6.06. The monoisotopic (exact) mass is 256 g/mol. The summed E-state index contributed by atoms with van der Waals surface area (Å²) in [6.45, 7) is 3.74. The molecular weight excluding hydrogens is 240 g/mol. The van der Waals surface area contributed by atoms with E-state index in [1.807, 2.05) is 41.8 Å². The predicted octanol–water partition coefficient (Wildman–Crippen LogP) is 4.44. The molecule has 0 radical (unpaired) electrons. The standard InChI is InChI=1S/C16H16OS/c1-3-13-7-4-5-9-15(13)16(12(2)17)11-14-8-6-10-18-14/h4-11H,3H2,1-2H3/b16-11-. The lowest BCUT2D eigenvalue weighted by molar-refractivity contribution is -0.111. The molecule has 0 N–H and O–H groups in total. The van der Waals surface area contributed by atoms with Crippen LogP contribution in [0.25, 0.3) is 11.6 Å². The summed E-state index contributed by atoms with van der Waals surface area (Å²) >= 11 is 1.65. The van der Waals surface area contributed by atoms with Crippen LogP contribution < -0.4 is 0 Å². The number of carbonyl (C=O) groups is 1. The highest BCUT2D eigenvalue weighted by Gasteiger charge is 2.10. The zero-order valence-corrected chi connectivity index (χ0v) is 11.5. The number of ketones is 1. The molecule has 1 aromatic carbocycles. The maximum atomic E-state index is 11.9. The van der Waals surface area contributed by atoms with Gasteiger partial charge >= 0.3 is 0 Å². The Bertz CT molecular complexity index is 565. The number of aryl methyl sites for hydroxylation is 1. The Morgan fingerprint density at radius 2 is 2.00 bits per heavy atom. The molecule has 0 saturated heterocycles. The van der Waals surface area contributed by atoms with E-state index in [0.717, 1.165) is 22.4 Å². The molecule has 2 rings (SSSR count). The number of carbonyl (C=O) groups excluding carboxylic acids is 1. The van der Waals surface area contributed by atoms with Crippen LogP contribution in [0, 0.1) is 0 Å². The summed E-state index contributed by atoms with van der Waals surface area (Å²) in [5, 5.41) is 2.02. The van der Waals surface area contributed by atoms with Crippen LogP contribution in [-0.2, 0) is 11.2 Å². The number of hydrogen-bond acceptors (Lipinski definition) is 2. The lowest BCUT2D eigenvalue weighted by Gasteiger charge is -2.09. The summed E-state index contributed by atoms with van der Waals surface area (Å²) < 4.78 is 0. The average molecular weight is 256 g/mol. The van der Waals surface area contributed by atoms with Crippen molar-refractivity contribution >= 4 is 28.8 Å². The van der Waals surface area contributed by atoms with Crippen molar-refractivity contribution in [3.8, 4) is 0 Å². The summed E-state index contributed by atoms with van der Waals surface area (Å²) in [6.07, 6.45) is 2.92. The van der Waals surface area contributed by atoms with Crippen LogP contribution in [0.2, 0.25) is 0 Å². The van der Waals surface area contributed by atoms with Crippen molar-refractivity contribution in [2.24, 2.45) is 0 Å². The molecule has 0 fully saturated rings. The summed E-state index contributed by atoms with van der Waals surface area (Å²) in [6, 6.07) is 12.1. The Kier molecular flexibility index (Phi) is 4.11. The number of thiophene rings is 1. The number of hydrogen-bond donors (Lipinski definition) is 0. The molecule has 1 heterocycles. The first-order valence-corrected chi connectivity index (χ1v) is 6.94. The fourth-order valence-electron chi connectivity index (χ4n) is 1.98. The Balaban J connectivity index is 2.52. The van der Waals surface area contributed by atoms with Gasteiger partial charge in [-0.2, -0.15) is 0 Å². The van der Waals surface area contributed by atoms with E-state index < -0.39 is 0 Å². The second-order valence-electron chi connectivity index (χ2n) is 4.14. The molecule has 0 unspecified atom stereocenters. The highest BCUT2D eigenvalue weighted by atomic mass is 32.1. The smallest absolute Gasteiger partial charge is 0.160 e. The molecule has 0 bridgehead atoms. The highest BCUT2D eigenvalue weighted by molar-refractivity contribution is 7.11. The Hall–Kier alpha value is -1.67. The molecule has 0 spiro atoms. The van der Waals surface area contributed by atoms with E-state index in [4.69, 9.17) is 0 Å². The van der Waals surface area contributed by atoms with Gasteiger partial charge in [-0.1, -0.05) is 37.3 Å². The third-order valence-electron chi connectivity index (χ3n) is 2.90. The second kappa shape index (κ2) is 5.78. The molecule has 0 atom stereocenters. The third kappa shape index (κ3) is 2.77. The predicted molar refractivity (Wildman–Crippen MR) is 78.7 cm³/mol. The van der Waals surface area contributed by atoms with Gasteiger partial charge < -0.3 is 0 Å². The first-order chi connectivity index (χ1) is 8.72. The van der Waals surface area contributed by atoms with Crippen LogP contribution in [0.4, 0.5) is 0 Å². The van der Waals surface area contributed by atoms with Crippen LogP contribution in [0.1, 0.15) is 29.9 Å². The van der Waals surface area contributed by atoms with Gasteiger partial charge in [-0.25, -0.2) is 0 Å². The van der Waals surface area contributed by atoms with E-state index in [0.29, 0.717) is 0 Å². The van der Waals surface area contributed by atoms with Crippen LogP contribution in [0.15, 0.2) is 41.8 Å². The van der Waals surface area contributed by atoms with E-state index in [1.54, 1.807) is 18.3 Å². The van der Waals surface area contributed by atoms with Crippen molar-refractivity contribution in [2.75, 3.05) is 0 Å². The first kappa shape index (κ1) is 12.8. The quantitative estimate of drug-likeness (QED) is 0.739. The molecular formula is C16H16OS. The van der Waals surface area contributed by atoms with Gasteiger partial charge in [0.15, 0.2) is 5.78 Å². The van der Waals surface area contributed by atoms with Crippen molar-refractivity contribution in [3.63, 3.8) is 0 Å². The summed E-state index contributed by atoms with van der Waals surface area (Å²) in [4.78, 5) is 13.0. The largest absolute Gasteiger partial charge is 0.294 e. The number of allylic oxidation sites excluding steroid dienone is 1. The van der Waals surface area contributed by atoms with Gasteiger partial charge in [0.25, 0.3) is 0 Å². The Morgan fingerprint density at radius 3 is 2.61 bits per heavy atom. The van der Waals surface area contributed by atoms with Crippen molar-refractivity contribution in [1.82, 2.24) is 0 Å². The molecule has 0 aliphatic heterocycles. The van der Waals surface area contributed by atoms with Crippen LogP contribution in [0.3, 0.4) is 0 Å². The van der Waals surface area contributed by atoms with E-state index >= 15 is 0 Å². The molecule has 0 saturated carbocycles. The zero-order chi connectivity index (χ0) is 13.0. The minimum atomic E-state index is 0.115. The van der Waals surface area contributed by atoms with Gasteiger partial charge in [-0.15, -0.1) is 11.3 Å². The zero-order valence-electron chi connectivity index (χ0n) is 10.6. The average Bonchev–Trinajstić information content (AvgIpc) is 2.88. The van der Waals surface area contributed by atoms with Gasteiger partial charge in [0.1, 0.15) is 0 Å². The van der Waals surface area contributed by atoms with E-state index in [9.17, 15) is 4.79 Å². The molecule has 0 amide bonds. The fraction of sp³-hybridized carbons (Fsp3) is 0.188. The van der Waals surface area contributed by atoms with Gasteiger partial charge in [-0.3, -0.25) is 4.79 Å². The molecule has 2 heteroatoms. The second-order valence-corrected chi connectivity index (χ2v) is 5.12. The van der Waals surface area contributed by atoms with Crippen LogP contribution in [-0.4, -0.2) is 5.78 Å². The van der Waals surface area contributed by atoms with Gasteiger partial charge in [0.2, 0.25) is 0 Å². The van der Waals surface area contributed by atoms with Crippen LogP contribution in [0.5, 0.6) is 0 Å². The number of benzene rings is 1. The highest BCUT2D eigenvalue weighted by Crippen LogP contribution is 2.25. The maximum absolute atomic E-state index is 11.9. The van der Waals surface area contributed by atoms with Gasteiger partial charge in [0.05, 0.1) is 0 Å². The fourth-order valence-corrected chi connectivity index (χ4v) is 2.63. The van der Waals surface area contributed by atoms with Crippen molar-refractivity contribution in [3.05, 3.63) is 57.8 Å². The normalized spacial score (nSPS) is 11.6. The number of Topliss-reactive ketones (excluding diaryl/α,β-unsaturated/α-hetero) is 1. The summed E-state index contributed by atoms with van der Waals surface area (Å²) in [5.41, 5.74) is 3.08. The molecule has 92 valence electrons. The van der Waals surface area contributed by atoms with Crippen molar-refractivity contribution in [1.29, 1.82) is 0 Å². The summed E-state index contributed by atoms with van der Waals surface area (Å²) in [5.74, 6) is 0.115. The minimum Gasteiger partial charge on any atom is -0.294 e. The topological polar surface area (TPSA) is 17.1 Å². The lowest BCUT2D eigenvalue weighted by atomic mass is 9.95.